The van der Waals surface area contributed by atoms with Gasteiger partial charge in [0, 0.05) is 19.6 Å². The third-order valence-corrected chi connectivity index (χ3v) is 3.92. The minimum atomic E-state index is -0.148. The maximum Gasteiger partial charge on any atom is 0.123 e. The predicted octanol–water partition coefficient (Wildman–Crippen LogP) is 3.04. The van der Waals surface area contributed by atoms with Crippen molar-refractivity contribution >= 4 is 0 Å². The summed E-state index contributed by atoms with van der Waals surface area (Å²) in [6.45, 7) is 3.99. The number of rotatable bonds is 7. The monoisotopic (exact) mass is 264 g/mol. The zero-order valence-electron chi connectivity index (χ0n) is 11.9. The molecule has 2 nitrogen and oxygen atoms in total. The molecule has 0 aromatic heterocycles. The molecule has 1 saturated carbocycles. The van der Waals surface area contributed by atoms with Gasteiger partial charge in [-0.1, -0.05) is 25.0 Å². The summed E-state index contributed by atoms with van der Waals surface area (Å²) in [7, 11) is 2.09. The quantitative estimate of drug-likeness (QED) is 0.762. The lowest BCUT2D eigenvalue weighted by molar-refractivity contribution is 0.319. The normalized spacial score (nSPS) is 16.4. The van der Waals surface area contributed by atoms with E-state index in [-0.39, 0.29) is 5.82 Å². The Morgan fingerprint density at radius 3 is 2.84 bits per heavy atom. The molecular formula is C16H25FN2. The van der Waals surface area contributed by atoms with Crippen LogP contribution in [0, 0.1) is 11.7 Å². The summed E-state index contributed by atoms with van der Waals surface area (Å²) in [6, 6.07) is 6.86. The Morgan fingerprint density at radius 1 is 1.32 bits per heavy atom. The third kappa shape index (κ3) is 5.29. The molecule has 0 radical (unpaired) electrons. The maximum absolute atomic E-state index is 13.1. The molecule has 0 bridgehead atoms. The lowest BCUT2D eigenvalue weighted by Crippen LogP contribution is -2.31. The molecule has 0 atom stereocenters. The van der Waals surface area contributed by atoms with Gasteiger partial charge in [0.2, 0.25) is 0 Å². The van der Waals surface area contributed by atoms with Gasteiger partial charge in [0.15, 0.2) is 0 Å². The molecular weight excluding hydrogens is 239 g/mol. The SMILES string of the molecule is CN(CCNCC1CCCC1)Cc1cccc(F)c1. The van der Waals surface area contributed by atoms with Gasteiger partial charge < -0.3 is 10.2 Å². The molecule has 1 N–H and O–H groups in total. The Kier molecular flexibility index (Phi) is 5.80. The first-order valence-corrected chi connectivity index (χ1v) is 7.38. The van der Waals surface area contributed by atoms with Crippen LogP contribution < -0.4 is 5.32 Å². The van der Waals surface area contributed by atoms with E-state index in [2.05, 4.69) is 17.3 Å². The van der Waals surface area contributed by atoms with Crippen LogP contribution in [0.3, 0.4) is 0 Å². The molecule has 0 spiro atoms. The fraction of sp³-hybridized carbons (Fsp3) is 0.625. The Hall–Kier alpha value is -0.930. The van der Waals surface area contributed by atoms with E-state index >= 15 is 0 Å². The van der Waals surface area contributed by atoms with Gasteiger partial charge in [0.25, 0.3) is 0 Å². The Balaban J connectivity index is 1.60. The van der Waals surface area contributed by atoms with Crippen LogP contribution in [0.4, 0.5) is 4.39 Å². The lowest BCUT2D eigenvalue weighted by atomic mass is 10.1. The number of nitrogens with one attached hydrogen (secondary N) is 1. The average Bonchev–Trinajstić information content (AvgIpc) is 2.88. The van der Waals surface area contributed by atoms with Crippen molar-refractivity contribution in [3.63, 3.8) is 0 Å². The van der Waals surface area contributed by atoms with Gasteiger partial charge in [-0.2, -0.15) is 0 Å². The van der Waals surface area contributed by atoms with E-state index in [4.69, 9.17) is 0 Å². The smallest absolute Gasteiger partial charge is 0.123 e. The van der Waals surface area contributed by atoms with Gasteiger partial charge in [0.1, 0.15) is 5.82 Å². The predicted molar refractivity (Wildman–Crippen MR) is 77.6 cm³/mol. The van der Waals surface area contributed by atoms with Crippen molar-refractivity contribution in [3.05, 3.63) is 35.6 Å². The summed E-state index contributed by atoms with van der Waals surface area (Å²) < 4.78 is 13.1. The summed E-state index contributed by atoms with van der Waals surface area (Å²) in [5.41, 5.74) is 1.04. The van der Waals surface area contributed by atoms with Crippen molar-refractivity contribution in [3.8, 4) is 0 Å². The number of hydrogen-bond donors (Lipinski definition) is 1. The summed E-state index contributed by atoms with van der Waals surface area (Å²) in [6.07, 6.45) is 5.61. The molecule has 0 unspecified atom stereocenters. The Bertz CT molecular complexity index is 375. The number of hydrogen-bond acceptors (Lipinski definition) is 2. The minimum Gasteiger partial charge on any atom is -0.315 e. The molecule has 0 heterocycles. The van der Waals surface area contributed by atoms with Gasteiger partial charge in [-0.25, -0.2) is 4.39 Å². The van der Waals surface area contributed by atoms with E-state index in [0.717, 1.165) is 37.7 Å². The van der Waals surface area contributed by atoms with Crippen molar-refractivity contribution in [2.24, 2.45) is 5.92 Å². The molecule has 0 aliphatic heterocycles. The van der Waals surface area contributed by atoms with Crippen molar-refractivity contribution in [2.75, 3.05) is 26.7 Å². The van der Waals surface area contributed by atoms with Crippen LogP contribution in [0.15, 0.2) is 24.3 Å². The second kappa shape index (κ2) is 7.61. The highest BCUT2D eigenvalue weighted by Crippen LogP contribution is 2.23. The van der Waals surface area contributed by atoms with E-state index in [1.165, 1.54) is 31.7 Å². The second-order valence-corrected chi connectivity index (χ2v) is 5.72. The zero-order valence-corrected chi connectivity index (χ0v) is 11.9. The summed E-state index contributed by atoms with van der Waals surface area (Å²) in [5, 5.41) is 3.54. The van der Waals surface area contributed by atoms with Crippen molar-refractivity contribution in [1.82, 2.24) is 10.2 Å². The van der Waals surface area contributed by atoms with E-state index in [9.17, 15) is 4.39 Å². The first kappa shape index (κ1) is 14.5. The van der Waals surface area contributed by atoms with Crippen molar-refractivity contribution < 1.29 is 4.39 Å². The van der Waals surface area contributed by atoms with Crippen LogP contribution in [-0.4, -0.2) is 31.6 Å². The molecule has 0 saturated heterocycles. The first-order chi connectivity index (χ1) is 9.24. The molecule has 2 rings (SSSR count). The van der Waals surface area contributed by atoms with E-state index in [1.807, 2.05) is 6.07 Å². The summed E-state index contributed by atoms with van der Waals surface area (Å²) >= 11 is 0. The molecule has 1 aliphatic rings. The van der Waals surface area contributed by atoms with Crippen LogP contribution in [0.25, 0.3) is 0 Å². The molecule has 106 valence electrons. The molecule has 1 aromatic rings. The van der Waals surface area contributed by atoms with Gasteiger partial charge >= 0.3 is 0 Å². The number of nitrogens with zero attached hydrogens (tertiary/aromatic N) is 1. The van der Waals surface area contributed by atoms with Gasteiger partial charge in [-0.05, 0) is 50.0 Å². The molecule has 1 aliphatic carbocycles. The lowest BCUT2D eigenvalue weighted by Gasteiger charge is -2.18. The molecule has 1 aromatic carbocycles. The highest BCUT2D eigenvalue weighted by molar-refractivity contribution is 5.15. The molecule has 1 fully saturated rings. The number of benzene rings is 1. The first-order valence-electron chi connectivity index (χ1n) is 7.38. The zero-order chi connectivity index (χ0) is 13.5. The van der Waals surface area contributed by atoms with Crippen LogP contribution in [0.2, 0.25) is 0 Å². The van der Waals surface area contributed by atoms with Crippen molar-refractivity contribution in [2.45, 2.75) is 32.2 Å². The fourth-order valence-electron chi connectivity index (χ4n) is 2.82. The molecule has 0 amide bonds. The fourth-order valence-corrected chi connectivity index (χ4v) is 2.82. The summed E-state index contributed by atoms with van der Waals surface area (Å²) in [4.78, 5) is 2.23. The van der Waals surface area contributed by atoms with Gasteiger partial charge in [0.05, 0.1) is 0 Å². The maximum atomic E-state index is 13.1. The minimum absolute atomic E-state index is 0.148. The van der Waals surface area contributed by atoms with E-state index in [1.54, 1.807) is 12.1 Å². The summed E-state index contributed by atoms with van der Waals surface area (Å²) in [5.74, 6) is 0.749. The topological polar surface area (TPSA) is 15.3 Å². The average molecular weight is 264 g/mol. The van der Waals surface area contributed by atoms with Crippen LogP contribution in [-0.2, 0) is 6.54 Å². The number of likely N-dealkylation sites (N-methyl/N-ethyl adjacent to an activating group) is 1. The third-order valence-electron chi connectivity index (χ3n) is 3.92. The largest absolute Gasteiger partial charge is 0.315 e. The molecule has 19 heavy (non-hydrogen) atoms. The van der Waals surface area contributed by atoms with Gasteiger partial charge in [-0.3, -0.25) is 0 Å². The second-order valence-electron chi connectivity index (χ2n) is 5.72. The Labute approximate surface area is 116 Å². The molecule has 3 heteroatoms. The standard InChI is InChI=1S/C16H25FN2/c1-19(13-15-7-4-8-16(17)11-15)10-9-18-12-14-5-2-3-6-14/h4,7-8,11,14,18H,2-3,5-6,9-10,12-13H2,1H3. The number of halogens is 1. The van der Waals surface area contributed by atoms with Crippen LogP contribution in [0.1, 0.15) is 31.2 Å². The highest BCUT2D eigenvalue weighted by Gasteiger charge is 2.13. The van der Waals surface area contributed by atoms with E-state index < -0.39 is 0 Å². The van der Waals surface area contributed by atoms with Crippen molar-refractivity contribution in [1.29, 1.82) is 0 Å². The van der Waals surface area contributed by atoms with E-state index in [0.29, 0.717) is 0 Å². The van der Waals surface area contributed by atoms with Gasteiger partial charge in [-0.15, -0.1) is 0 Å². The van der Waals surface area contributed by atoms with Crippen LogP contribution >= 0.6 is 0 Å². The highest BCUT2D eigenvalue weighted by atomic mass is 19.1. The Morgan fingerprint density at radius 2 is 2.11 bits per heavy atom. The van der Waals surface area contributed by atoms with Crippen LogP contribution in [0.5, 0.6) is 0 Å².